The summed E-state index contributed by atoms with van der Waals surface area (Å²) in [6, 6.07) is 5.13. The fourth-order valence-electron chi connectivity index (χ4n) is 2.77. The van der Waals surface area contributed by atoms with E-state index in [0.29, 0.717) is 12.1 Å². The van der Waals surface area contributed by atoms with Gasteiger partial charge in [0.1, 0.15) is 0 Å². The van der Waals surface area contributed by atoms with Crippen molar-refractivity contribution in [1.29, 1.82) is 0 Å². The standard InChI is InChI=1S/C17H20F3NO/c18-17(19,20)15-9-7-13(8-10-15)4-3-11-21-16-6-2-1-5-14(16)12-22/h7-10,14,16,21-22H,1-2,5-6,11-12H2/t14-,16+/m0/s1. The number of rotatable bonds is 3. The van der Waals surface area contributed by atoms with E-state index in [0.717, 1.165) is 37.8 Å². The summed E-state index contributed by atoms with van der Waals surface area (Å²) >= 11 is 0. The Hall–Kier alpha value is -1.51. The molecule has 0 aliphatic heterocycles. The topological polar surface area (TPSA) is 32.3 Å². The average molecular weight is 311 g/mol. The molecule has 1 saturated carbocycles. The number of alkyl halides is 3. The minimum absolute atomic E-state index is 0.185. The lowest BCUT2D eigenvalue weighted by Gasteiger charge is -2.30. The van der Waals surface area contributed by atoms with Crippen LogP contribution in [0.15, 0.2) is 24.3 Å². The lowest BCUT2D eigenvalue weighted by molar-refractivity contribution is -0.137. The fourth-order valence-corrected chi connectivity index (χ4v) is 2.77. The van der Waals surface area contributed by atoms with Gasteiger partial charge in [0.05, 0.1) is 12.1 Å². The van der Waals surface area contributed by atoms with Gasteiger partial charge in [-0.3, -0.25) is 0 Å². The number of hydrogen-bond donors (Lipinski definition) is 2. The lowest BCUT2D eigenvalue weighted by atomic mass is 9.85. The Kier molecular flexibility index (Phi) is 5.87. The van der Waals surface area contributed by atoms with Gasteiger partial charge in [-0.1, -0.05) is 24.7 Å². The molecule has 120 valence electrons. The van der Waals surface area contributed by atoms with Crippen molar-refractivity contribution in [3.8, 4) is 11.8 Å². The van der Waals surface area contributed by atoms with E-state index >= 15 is 0 Å². The Bertz CT molecular complexity index is 528. The number of halogens is 3. The van der Waals surface area contributed by atoms with E-state index in [-0.39, 0.29) is 18.6 Å². The quantitative estimate of drug-likeness (QED) is 0.840. The number of benzene rings is 1. The summed E-state index contributed by atoms with van der Waals surface area (Å²) in [5.41, 5.74) is -0.0960. The highest BCUT2D eigenvalue weighted by molar-refractivity contribution is 5.37. The second-order valence-corrected chi connectivity index (χ2v) is 5.59. The minimum Gasteiger partial charge on any atom is -0.396 e. The molecule has 0 saturated heterocycles. The molecule has 1 aliphatic rings. The van der Waals surface area contributed by atoms with Crippen LogP contribution in [0.4, 0.5) is 13.2 Å². The summed E-state index contributed by atoms with van der Waals surface area (Å²) in [5.74, 6) is 6.06. The third kappa shape index (κ3) is 4.75. The largest absolute Gasteiger partial charge is 0.416 e. The summed E-state index contributed by atoms with van der Waals surface area (Å²) in [6.07, 6.45) is 0.0582. The van der Waals surface area contributed by atoms with Crippen molar-refractivity contribution in [2.24, 2.45) is 5.92 Å². The minimum atomic E-state index is -4.31. The molecule has 1 fully saturated rings. The third-order valence-corrected chi connectivity index (χ3v) is 4.04. The molecule has 2 nitrogen and oxygen atoms in total. The predicted octanol–water partition coefficient (Wildman–Crippen LogP) is 3.20. The van der Waals surface area contributed by atoms with E-state index in [1.54, 1.807) is 0 Å². The Balaban J connectivity index is 1.86. The van der Waals surface area contributed by atoms with Crippen LogP contribution in [0.3, 0.4) is 0 Å². The van der Waals surface area contributed by atoms with Crippen molar-refractivity contribution in [3.05, 3.63) is 35.4 Å². The molecule has 0 radical (unpaired) electrons. The molecule has 2 rings (SSSR count). The van der Waals surface area contributed by atoms with E-state index in [4.69, 9.17) is 0 Å². The smallest absolute Gasteiger partial charge is 0.396 e. The van der Waals surface area contributed by atoms with Gasteiger partial charge in [0, 0.05) is 18.2 Å². The Labute approximate surface area is 128 Å². The van der Waals surface area contributed by atoms with Gasteiger partial charge in [0.15, 0.2) is 0 Å². The molecule has 2 atom stereocenters. The summed E-state index contributed by atoms with van der Waals surface area (Å²) in [6.45, 7) is 0.659. The van der Waals surface area contributed by atoms with Crippen LogP contribution >= 0.6 is 0 Å². The summed E-state index contributed by atoms with van der Waals surface area (Å²) in [4.78, 5) is 0. The van der Waals surface area contributed by atoms with Gasteiger partial charge < -0.3 is 10.4 Å². The van der Waals surface area contributed by atoms with E-state index in [2.05, 4.69) is 17.2 Å². The van der Waals surface area contributed by atoms with Crippen molar-refractivity contribution in [3.63, 3.8) is 0 Å². The third-order valence-electron chi connectivity index (χ3n) is 4.04. The van der Waals surface area contributed by atoms with Crippen LogP contribution in [0.5, 0.6) is 0 Å². The predicted molar refractivity (Wildman–Crippen MR) is 79.2 cm³/mol. The Morgan fingerprint density at radius 3 is 2.45 bits per heavy atom. The first-order valence-electron chi connectivity index (χ1n) is 7.51. The molecule has 0 spiro atoms. The first-order chi connectivity index (χ1) is 10.5. The SMILES string of the molecule is OC[C@@H]1CCCC[C@H]1NCC#Cc1ccc(C(F)(F)F)cc1. The number of aliphatic hydroxyl groups excluding tert-OH is 1. The van der Waals surface area contributed by atoms with Gasteiger partial charge >= 0.3 is 6.18 Å². The van der Waals surface area contributed by atoms with Crippen LogP contribution in [-0.4, -0.2) is 24.3 Å². The molecule has 0 bridgehead atoms. The maximum Gasteiger partial charge on any atom is 0.416 e. The van der Waals surface area contributed by atoms with Crippen molar-refractivity contribution >= 4 is 0 Å². The molecule has 1 aromatic rings. The van der Waals surface area contributed by atoms with Crippen LogP contribution in [0.2, 0.25) is 0 Å². The molecule has 5 heteroatoms. The second-order valence-electron chi connectivity index (χ2n) is 5.59. The highest BCUT2D eigenvalue weighted by atomic mass is 19.4. The average Bonchev–Trinajstić information content (AvgIpc) is 2.51. The Morgan fingerprint density at radius 1 is 1.14 bits per heavy atom. The molecular weight excluding hydrogens is 291 g/mol. The molecule has 22 heavy (non-hydrogen) atoms. The van der Waals surface area contributed by atoms with E-state index < -0.39 is 11.7 Å². The molecule has 0 aromatic heterocycles. The van der Waals surface area contributed by atoms with Crippen LogP contribution in [0.25, 0.3) is 0 Å². The summed E-state index contributed by atoms with van der Waals surface area (Å²) in [7, 11) is 0. The van der Waals surface area contributed by atoms with Crippen molar-refractivity contribution < 1.29 is 18.3 Å². The number of nitrogens with one attached hydrogen (secondary N) is 1. The number of aliphatic hydroxyl groups is 1. The van der Waals surface area contributed by atoms with Crippen molar-refractivity contribution in [2.75, 3.05) is 13.2 Å². The highest BCUT2D eigenvalue weighted by Gasteiger charge is 2.29. The van der Waals surface area contributed by atoms with E-state index in [1.807, 2.05) is 0 Å². The molecule has 0 unspecified atom stereocenters. The number of hydrogen-bond acceptors (Lipinski definition) is 2. The van der Waals surface area contributed by atoms with Crippen molar-refractivity contribution in [2.45, 2.75) is 37.9 Å². The van der Waals surface area contributed by atoms with Gasteiger partial charge in [-0.2, -0.15) is 13.2 Å². The van der Waals surface area contributed by atoms with Crippen LogP contribution < -0.4 is 5.32 Å². The lowest BCUT2D eigenvalue weighted by Crippen LogP contribution is -2.40. The summed E-state index contributed by atoms with van der Waals surface area (Å²) < 4.78 is 37.3. The maximum atomic E-state index is 12.4. The van der Waals surface area contributed by atoms with Crippen molar-refractivity contribution in [1.82, 2.24) is 5.32 Å². The normalized spacial score (nSPS) is 22.0. The van der Waals surface area contributed by atoms with Gasteiger partial charge in [0.2, 0.25) is 0 Å². The van der Waals surface area contributed by atoms with Gasteiger partial charge in [0.25, 0.3) is 0 Å². The van der Waals surface area contributed by atoms with Gasteiger partial charge in [-0.15, -0.1) is 0 Å². The van der Waals surface area contributed by atoms with Crippen LogP contribution in [0.1, 0.15) is 36.8 Å². The molecular formula is C17H20F3NO. The van der Waals surface area contributed by atoms with E-state index in [1.165, 1.54) is 12.1 Å². The molecule has 1 aromatic carbocycles. The molecule has 1 aliphatic carbocycles. The monoisotopic (exact) mass is 311 g/mol. The zero-order chi connectivity index (χ0) is 16.0. The fraction of sp³-hybridized carbons (Fsp3) is 0.529. The van der Waals surface area contributed by atoms with Gasteiger partial charge in [-0.25, -0.2) is 0 Å². The molecule has 0 heterocycles. The maximum absolute atomic E-state index is 12.4. The summed E-state index contributed by atoms with van der Waals surface area (Å²) in [5, 5.41) is 12.6. The zero-order valence-electron chi connectivity index (χ0n) is 12.3. The Morgan fingerprint density at radius 2 is 1.82 bits per heavy atom. The van der Waals surface area contributed by atoms with Crippen LogP contribution in [0, 0.1) is 17.8 Å². The highest BCUT2D eigenvalue weighted by Crippen LogP contribution is 2.29. The molecule has 2 N–H and O–H groups in total. The first-order valence-corrected chi connectivity index (χ1v) is 7.51. The zero-order valence-corrected chi connectivity index (χ0v) is 12.3. The van der Waals surface area contributed by atoms with Gasteiger partial charge in [-0.05, 0) is 43.0 Å². The molecule has 0 amide bonds. The van der Waals surface area contributed by atoms with E-state index in [9.17, 15) is 18.3 Å². The first kappa shape index (κ1) is 16.9. The van der Waals surface area contributed by atoms with Crippen LogP contribution in [-0.2, 0) is 6.18 Å². The second kappa shape index (κ2) is 7.66.